The number of benzene rings is 1. The molecular weight excluding hydrogens is 344 g/mol. The van der Waals surface area contributed by atoms with E-state index in [2.05, 4.69) is 15.4 Å². The number of nitrogens with one attached hydrogen (secondary N) is 1. The lowest BCUT2D eigenvalue weighted by Crippen LogP contribution is -2.16. The molecule has 1 N–H and O–H groups in total. The summed E-state index contributed by atoms with van der Waals surface area (Å²) in [6.45, 7) is 3.23. The highest BCUT2D eigenvalue weighted by atomic mass is 16.5. The molecule has 27 heavy (non-hydrogen) atoms. The number of fused-ring (bicyclic) bond motifs is 1. The van der Waals surface area contributed by atoms with E-state index in [1.165, 1.54) is 0 Å². The largest absolute Gasteiger partial charge is 0.491 e. The van der Waals surface area contributed by atoms with Gasteiger partial charge in [0, 0.05) is 37.0 Å². The minimum atomic E-state index is -0.219. The molecule has 0 bridgehead atoms. The fourth-order valence-corrected chi connectivity index (χ4v) is 3.26. The van der Waals surface area contributed by atoms with Crippen LogP contribution in [0.2, 0.25) is 0 Å². The van der Waals surface area contributed by atoms with Crippen molar-refractivity contribution in [3.8, 4) is 5.75 Å². The molecule has 1 aromatic carbocycles. The van der Waals surface area contributed by atoms with Crippen LogP contribution in [0.1, 0.15) is 28.9 Å². The van der Waals surface area contributed by atoms with Crippen LogP contribution in [0, 0.1) is 6.92 Å². The maximum absolute atomic E-state index is 12.6. The van der Waals surface area contributed by atoms with Crippen LogP contribution in [0.3, 0.4) is 0 Å². The number of ether oxygens (including phenoxy) is 2. The predicted octanol–water partition coefficient (Wildman–Crippen LogP) is 3.09. The Labute approximate surface area is 157 Å². The zero-order valence-corrected chi connectivity index (χ0v) is 15.4. The van der Waals surface area contributed by atoms with Crippen molar-refractivity contribution in [1.82, 2.24) is 14.8 Å². The third-order valence-electron chi connectivity index (χ3n) is 4.68. The topological polar surface area (TPSA) is 78.3 Å². The van der Waals surface area contributed by atoms with E-state index in [0.29, 0.717) is 23.6 Å². The van der Waals surface area contributed by atoms with E-state index in [0.717, 1.165) is 36.2 Å². The van der Waals surface area contributed by atoms with Crippen LogP contribution in [-0.2, 0) is 11.8 Å². The lowest BCUT2D eigenvalue weighted by molar-refractivity contribution is 0.0680. The van der Waals surface area contributed by atoms with Crippen molar-refractivity contribution in [1.29, 1.82) is 0 Å². The molecule has 0 aliphatic carbocycles. The van der Waals surface area contributed by atoms with E-state index in [4.69, 9.17) is 9.47 Å². The van der Waals surface area contributed by atoms with Crippen molar-refractivity contribution in [2.75, 3.05) is 18.5 Å². The van der Waals surface area contributed by atoms with Crippen molar-refractivity contribution in [2.24, 2.45) is 7.05 Å². The first-order chi connectivity index (χ1) is 13.1. The SMILES string of the molecule is Cc1nn(C)c2ncc(C(=O)Nc3cccc(OCC4CCCO4)c3)cc12. The molecule has 2 aromatic heterocycles. The minimum Gasteiger partial charge on any atom is -0.491 e. The Bertz CT molecular complexity index is 977. The summed E-state index contributed by atoms with van der Waals surface area (Å²) in [7, 11) is 1.84. The van der Waals surface area contributed by atoms with Crippen LogP contribution in [-0.4, -0.2) is 40.0 Å². The Balaban J connectivity index is 1.46. The quantitative estimate of drug-likeness (QED) is 0.751. The number of aryl methyl sites for hydroxylation is 2. The fourth-order valence-electron chi connectivity index (χ4n) is 3.26. The second-order valence-corrected chi connectivity index (χ2v) is 6.73. The maximum Gasteiger partial charge on any atom is 0.257 e. The van der Waals surface area contributed by atoms with Gasteiger partial charge in [0.1, 0.15) is 12.4 Å². The molecule has 0 spiro atoms. The Morgan fingerprint density at radius 1 is 1.41 bits per heavy atom. The number of pyridine rings is 1. The van der Waals surface area contributed by atoms with Gasteiger partial charge in [0.25, 0.3) is 5.91 Å². The van der Waals surface area contributed by atoms with Crippen molar-refractivity contribution >= 4 is 22.6 Å². The van der Waals surface area contributed by atoms with Crippen molar-refractivity contribution in [3.05, 3.63) is 47.8 Å². The highest BCUT2D eigenvalue weighted by Crippen LogP contribution is 2.21. The van der Waals surface area contributed by atoms with E-state index in [1.807, 2.05) is 44.3 Å². The number of aromatic nitrogens is 3. The van der Waals surface area contributed by atoms with Gasteiger partial charge in [0.15, 0.2) is 5.65 Å². The van der Waals surface area contributed by atoms with Gasteiger partial charge in [-0.1, -0.05) is 6.07 Å². The van der Waals surface area contributed by atoms with Crippen LogP contribution in [0.15, 0.2) is 36.5 Å². The van der Waals surface area contributed by atoms with Gasteiger partial charge in [-0.25, -0.2) is 4.98 Å². The molecule has 1 unspecified atom stereocenters. The first kappa shape index (κ1) is 17.5. The number of amides is 1. The van der Waals surface area contributed by atoms with Crippen LogP contribution >= 0.6 is 0 Å². The lowest BCUT2D eigenvalue weighted by Gasteiger charge is -2.12. The Hall–Kier alpha value is -2.93. The van der Waals surface area contributed by atoms with Gasteiger partial charge in [-0.15, -0.1) is 0 Å². The van der Waals surface area contributed by atoms with Gasteiger partial charge >= 0.3 is 0 Å². The van der Waals surface area contributed by atoms with Crippen molar-refractivity contribution in [3.63, 3.8) is 0 Å². The number of hydrogen-bond acceptors (Lipinski definition) is 5. The highest BCUT2D eigenvalue weighted by Gasteiger charge is 2.16. The van der Waals surface area contributed by atoms with Gasteiger partial charge < -0.3 is 14.8 Å². The Morgan fingerprint density at radius 3 is 3.11 bits per heavy atom. The van der Waals surface area contributed by atoms with E-state index < -0.39 is 0 Å². The third-order valence-corrected chi connectivity index (χ3v) is 4.68. The van der Waals surface area contributed by atoms with E-state index in [1.54, 1.807) is 10.9 Å². The fraction of sp³-hybridized carbons (Fsp3) is 0.350. The summed E-state index contributed by atoms with van der Waals surface area (Å²) in [5.74, 6) is 0.490. The normalized spacial score (nSPS) is 16.6. The molecule has 1 atom stereocenters. The summed E-state index contributed by atoms with van der Waals surface area (Å²) in [5, 5.41) is 8.11. The second kappa shape index (κ2) is 7.36. The number of carbonyl (C=O) groups is 1. The standard InChI is InChI=1S/C20H22N4O3/c1-13-18-9-14(11-21-19(18)24(2)23-13)20(25)22-15-5-3-6-16(10-15)27-12-17-7-4-8-26-17/h3,5-6,9-11,17H,4,7-8,12H2,1-2H3,(H,22,25). The van der Waals surface area contributed by atoms with Gasteiger partial charge in [-0.2, -0.15) is 5.10 Å². The summed E-state index contributed by atoms with van der Waals surface area (Å²) in [6.07, 6.45) is 3.83. The molecule has 4 rings (SSSR count). The summed E-state index contributed by atoms with van der Waals surface area (Å²) >= 11 is 0. The Kier molecular flexibility index (Phi) is 4.77. The Morgan fingerprint density at radius 2 is 2.30 bits per heavy atom. The van der Waals surface area contributed by atoms with Gasteiger partial charge in [0.05, 0.1) is 17.4 Å². The monoisotopic (exact) mass is 366 g/mol. The number of hydrogen-bond donors (Lipinski definition) is 1. The molecule has 3 aromatic rings. The summed E-state index contributed by atoms with van der Waals surface area (Å²) in [6, 6.07) is 9.19. The summed E-state index contributed by atoms with van der Waals surface area (Å²) < 4.78 is 13.1. The highest BCUT2D eigenvalue weighted by molar-refractivity contribution is 6.05. The number of nitrogens with zero attached hydrogens (tertiary/aromatic N) is 3. The zero-order valence-electron chi connectivity index (χ0n) is 15.4. The molecule has 1 aliphatic rings. The molecule has 7 heteroatoms. The average molecular weight is 366 g/mol. The van der Waals surface area contributed by atoms with Gasteiger partial charge in [-0.3, -0.25) is 9.48 Å². The molecule has 7 nitrogen and oxygen atoms in total. The maximum atomic E-state index is 12.6. The van der Waals surface area contributed by atoms with Crippen LogP contribution in [0.4, 0.5) is 5.69 Å². The molecule has 140 valence electrons. The number of carbonyl (C=O) groups excluding carboxylic acids is 1. The molecule has 1 amide bonds. The van der Waals surface area contributed by atoms with Gasteiger partial charge in [-0.05, 0) is 38.0 Å². The molecule has 1 fully saturated rings. The first-order valence-electron chi connectivity index (χ1n) is 9.05. The smallest absolute Gasteiger partial charge is 0.257 e. The van der Waals surface area contributed by atoms with Crippen molar-refractivity contribution < 1.29 is 14.3 Å². The molecule has 3 heterocycles. The predicted molar refractivity (Wildman–Crippen MR) is 102 cm³/mol. The lowest BCUT2D eigenvalue weighted by atomic mass is 10.2. The van der Waals surface area contributed by atoms with E-state index in [-0.39, 0.29) is 12.0 Å². The van der Waals surface area contributed by atoms with Crippen molar-refractivity contribution in [2.45, 2.75) is 25.9 Å². The molecule has 1 saturated heterocycles. The van der Waals surface area contributed by atoms with Crippen LogP contribution < -0.4 is 10.1 Å². The summed E-state index contributed by atoms with van der Waals surface area (Å²) in [5.41, 5.74) is 2.77. The molecular formula is C20H22N4O3. The minimum absolute atomic E-state index is 0.156. The third kappa shape index (κ3) is 3.78. The van der Waals surface area contributed by atoms with Crippen LogP contribution in [0.25, 0.3) is 11.0 Å². The molecule has 0 radical (unpaired) electrons. The summed E-state index contributed by atoms with van der Waals surface area (Å²) in [4.78, 5) is 17.0. The molecule has 1 aliphatic heterocycles. The van der Waals surface area contributed by atoms with E-state index >= 15 is 0 Å². The number of anilines is 1. The average Bonchev–Trinajstić information content (AvgIpc) is 3.28. The van der Waals surface area contributed by atoms with Crippen LogP contribution in [0.5, 0.6) is 5.75 Å². The number of rotatable bonds is 5. The molecule has 0 saturated carbocycles. The van der Waals surface area contributed by atoms with Gasteiger partial charge in [0.2, 0.25) is 0 Å². The zero-order chi connectivity index (χ0) is 18.8. The second-order valence-electron chi connectivity index (χ2n) is 6.73. The van der Waals surface area contributed by atoms with E-state index in [9.17, 15) is 4.79 Å². The first-order valence-corrected chi connectivity index (χ1v) is 9.05.